The normalized spacial score (nSPS) is 10.6. The fourth-order valence-electron chi connectivity index (χ4n) is 1.66. The Kier molecular flexibility index (Phi) is 3.69. The van der Waals surface area contributed by atoms with Crippen molar-refractivity contribution in [2.24, 2.45) is 0 Å². The zero-order valence-electron chi connectivity index (χ0n) is 10.0. The lowest BCUT2D eigenvalue weighted by atomic mass is 10.3. The van der Waals surface area contributed by atoms with Gasteiger partial charge in [-0.2, -0.15) is 0 Å². The zero-order valence-corrected chi connectivity index (χ0v) is 10.8. The summed E-state index contributed by atoms with van der Waals surface area (Å²) < 4.78 is 2.19. The summed E-state index contributed by atoms with van der Waals surface area (Å²) >= 11 is 1.73. The predicted octanol–water partition coefficient (Wildman–Crippen LogP) is 3.89. The Morgan fingerprint density at radius 3 is 2.94 bits per heavy atom. The maximum Gasteiger partial charge on any atom is 0.169 e. The number of fused-ring (bicyclic) bond motifs is 1. The molecule has 0 bridgehead atoms. The van der Waals surface area contributed by atoms with Gasteiger partial charge in [-0.25, -0.2) is 4.98 Å². The van der Waals surface area contributed by atoms with E-state index in [2.05, 4.69) is 28.8 Å². The molecule has 0 saturated heterocycles. The summed E-state index contributed by atoms with van der Waals surface area (Å²) in [5.41, 5.74) is 3.36. The van der Waals surface area contributed by atoms with Crippen LogP contribution in [0.2, 0.25) is 0 Å². The van der Waals surface area contributed by atoms with Crippen LogP contribution in [0.25, 0.3) is 11.0 Å². The summed E-state index contributed by atoms with van der Waals surface area (Å²) in [5.74, 6) is 0.903. The summed E-state index contributed by atoms with van der Waals surface area (Å²) in [6.45, 7) is 10.6. The van der Waals surface area contributed by atoms with E-state index in [-0.39, 0.29) is 0 Å². The number of thioether (sulfide) groups is 1. The lowest BCUT2D eigenvalue weighted by Gasteiger charge is -2.05. The van der Waals surface area contributed by atoms with Gasteiger partial charge in [0.15, 0.2) is 5.16 Å². The molecule has 0 fully saturated rings. The highest BCUT2D eigenvalue weighted by atomic mass is 32.2. The van der Waals surface area contributed by atoms with E-state index in [1.54, 1.807) is 11.8 Å². The molecular formula is C14H16N2S. The average molecular weight is 244 g/mol. The second-order valence-corrected chi connectivity index (χ2v) is 4.97. The molecule has 88 valence electrons. The highest BCUT2D eigenvalue weighted by Crippen LogP contribution is 2.25. The van der Waals surface area contributed by atoms with Crippen LogP contribution >= 0.6 is 11.8 Å². The Bertz CT molecular complexity index is 554. The fourth-order valence-corrected chi connectivity index (χ4v) is 2.52. The summed E-state index contributed by atoms with van der Waals surface area (Å²) in [6.07, 6.45) is 1.90. The Hall–Kier alpha value is -1.48. The summed E-state index contributed by atoms with van der Waals surface area (Å²) in [7, 11) is 0. The molecule has 0 atom stereocenters. The molecular weight excluding hydrogens is 228 g/mol. The SMILES string of the molecule is C=CCn1c(SCC(=C)C)nc2ccccc21. The number of allylic oxidation sites excluding steroid dienone is 1. The van der Waals surface area contributed by atoms with Crippen molar-refractivity contribution < 1.29 is 0 Å². The van der Waals surface area contributed by atoms with Crippen molar-refractivity contribution >= 4 is 22.8 Å². The molecule has 1 aromatic heterocycles. The molecule has 3 heteroatoms. The molecule has 0 saturated carbocycles. The lowest BCUT2D eigenvalue weighted by Crippen LogP contribution is -1.97. The van der Waals surface area contributed by atoms with E-state index in [9.17, 15) is 0 Å². The number of aromatic nitrogens is 2. The highest BCUT2D eigenvalue weighted by Gasteiger charge is 2.09. The maximum atomic E-state index is 4.64. The summed E-state index contributed by atoms with van der Waals surface area (Å²) in [5, 5.41) is 1.04. The minimum Gasteiger partial charge on any atom is -0.315 e. The Balaban J connectivity index is 2.41. The zero-order chi connectivity index (χ0) is 12.3. The first-order valence-electron chi connectivity index (χ1n) is 5.55. The Morgan fingerprint density at radius 2 is 2.24 bits per heavy atom. The van der Waals surface area contributed by atoms with Crippen molar-refractivity contribution in [3.63, 3.8) is 0 Å². The molecule has 0 amide bonds. The maximum absolute atomic E-state index is 4.64. The van der Waals surface area contributed by atoms with Gasteiger partial charge in [-0.1, -0.05) is 42.1 Å². The van der Waals surface area contributed by atoms with Gasteiger partial charge in [0, 0.05) is 12.3 Å². The molecule has 0 unspecified atom stereocenters. The standard InChI is InChI=1S/C14H16N2S/c1-4-9-16-13-8-6-5-7-12(13)15-14(16)17-10-11(2)3/h4-8H,1-2,9-10H2,3H3. The first-order valence-corrected chi connectivity index (χ1v) is 6.54. The minimum atomic E-state index is 0.791. The fraction of sp³-hybridized carbons (Fsp3) is 0.214. The third-order valence-corrected chi connectivity index (χ3v) is 3.59. The Labute approximate surface area is 106 Å². The number of nitrogens with zero attached hydrogens (tertiary/aromatic N) is 2. The van der Waals surface area contributed by atoms with Crippen molar-refractivity contribution in [3.05, 3.63) is 49.1 Å². The van der Waals surface area contributed by atoms with Gasteiger partial charge in [0.05, 0.1) is 11.0 Å². The smallest absolute Gasteiger partial charge is 0.169 e. The van der Waals surface area contributed by atoms with Crippen LogP contribution in [0.4, 0.5) is 0 Å². The molecule has 0 spiro atoms. The van der Waals surface area contributed by atoms with Crippen molar-refractivity contribution in [2.75, 3.05) is 5.75 Å². The van der Waals surface area contributed by atoms with Crippen molar-refractivity contribution in [1.82, 2.24) is 9.55 Å². The number of hydrogen-bond donors (Lipinski definition) is 0. The first kappa shape index (κ1) is 12.0. The van der Waals surface area contributed by atoms with Crippen LogP contribution in [0.5, 0.6) is 0 Å². The molecule has 0 N–H and O–H groups in total. The predicted molar refractivity (Wildman–Crippen MR) is 75.5 cm³/mol. The van der Waals surface area contributed by atoms with Crippen LogP contribution in [-0.2, 0) is 6.54 Å². The molecule has 2 nitrogen and oxygen atoms in total. The van der Waals surface area contributed by atoms with E-state index < -0.39 is 0 Å². The number of imidazole rings is 1. The van der Waals surface area contributed by atoms with E-state index in [0.29, 0.717) is 0 Å². The average Bonchev–Trinajstić information content (AvgIpc) is 2.66. The van der Waals surface area contributed by atoms with Gasteiger partial charge in [-0.05, 0) is 19.1 Å². The number of rotatable bonds is 5. The number of benzene rings is 1. The molecule has 1 aromatic carbocycles. The topological polar surface area (TPSA) is 17.8 Å². The second kappa shape index (κ2) is 5.23. The minimum absolute atomic E-state index is 0.791. The van der Waals surface area contributed by atoms with Gasteiger partial charge < -0.3 is 4.57 Å². The van der Waals surface area contributed by atoms with Gasteiger partial charge in [-0.3, -0.25) is 0 Å². The molecule has 0 radical (unpaired) electrons. The van der Waals surface area contributed by atoms with Crippen LogP contribution < -0.4 is 0 Å². The quantitative estimate of drug-likeness (QED) is 0.586. The van der Waals surface area contributed by atoms with Crippen LogP contribution in [0.15, 0.2) is 54.2 Å². The molecule has 17 heavy (non-hydrogen) atoms. The molecule has 0 aliphatic heterocycles. The number of hydrogen-bond acceptors (Lipinski definition) is 2. The third-order valence-electron chi connectivity index (χ3n) is 2.38. The van der Waals surface area contributed by atoms with Crippen LogP contribution in [0.3, 0.4) is 0 Å². The lowest BCUT2D eigenvalue weighted by molar-refractivity contribution is 0.749. The van der Waals surface area contributed by atoms with E-state index in [1.807, 2.05) is 31.2 Å². The third kappa shape index (κ3) is 2.61. The largest absolute Gasteiger partial charge is 0.315 e. The van der Waals surface area contributed by atoms with Crippen molar-refractivity contribution in [3.8, 4) is 0 Å². The van der Waals surface area contributed by atoms with E-state index >= 15 is 0 Å². The van der Waals surface area contributed by atoms with Gasteiger partial charge >= 0.3 is 0 Å². The molecule has 0 aliphatic carbocycles. The van der Waals surface area contributed by atoms with Gasteiger partial charge in [0.25, 0.3) is 0 Å². The van der Waals surface area contributed by atoms with Gasteiger partial charge in [-0.15, -0.1) is 6.58 Å². The molecule has 2 aromatic rings. The van der Waals surface area contributed by atoms with E-state index in [1.165, 1.54) is 0 Å². The summed E-state index contributed by atoms with van der Waals surface area (Å²) in [6, 6.07) is 8.19. The van der Waals surface area contributed by atoms with Crippen LogP contribution in [0.1, 0.15) is 6.92 Å². The van der Waals surface area contributed by atoms with Crippen LogP contribution in [-0.4, -0.2) is 15.3 Å². The van der Waals surface area contributed by atoms with E-state index in [4.69, 9.17) is 0 Å². The molecule has 2 rings (SSSR count). The van der Waals surface area contributed by atoms with Crippen molar-refractivity contribution in [1.29, 1.82) is 0 Å². The molecule has 1 heterocycles. The van der Waals surface area contributed by atoms with Gasteiger partial charge in [0.2, 0.25) is 0 Å². The van der Waals surface area contributed by atoms with Crippen molar-refractivity contribution in [2.45, 2.75) is 18.6 Å². The molecule has 0 aliphatic rings. The van der Waals surface area contributed by atoms with E-state index in [0.717, 1.165) is 34.1 Å². The highest BCUT2D eigenvalue weighted by molar-refractivity contribution is 7.99. The van der Waals surface area contributed by atoms with Gasteiger partial charge in [0.1, 0.15) is 0 Å². The monoisotopic (exact) mass is 244 g/mol. The second-order valence-electron chi connectivity index (χ2n) is 4.03. The Morgan fingerprint density at radius 1 is 1.47 bits per heavy atom. The van der Waals surface area contributed by atoms with Crippen LogP contribution in [0, 0.1) is 0 Å². The number of para-hydroxylation sites is 2. The summed E-state index contributed by atoms with van der Waals surface area (Å²) in [4.78, 5) is 4.64. The first-order chi connectivity index (χ1) is 8.22.